The summed E-state index contributed by atoms with van der Waals surface area (Å²) in [6.07, 6.45) is 6.46. The van der Waals surface area contributed by atoms with Crippen molar-refractivity contribution in [1.29, 1.82) is 0 Å². The van der Waals surface area contributed by atoms with Crippen molar-refractivity contribution in [2.24, 2.45) is 5.73 Å². The lowest BCUT2D eigenvalue weighted by molar-refractivity contribution is 0.575. The average Bonchev–Trinajstić information content (AvgIpc) is 3.24. The van der Waals surface area contributed by atoms with Crippen molar-refractivity contribution in [3.63, 3.8) is 0 Å². The van der Waals surface area contributed by atoms with E-state index in [9.17, 15) is 0 Å². The Balaban J connectivity index is 1.92. The zero-order chi connectivity index (χ0) is 14.8. The van der Waals surface area contributed by atoms with Gasteiger partial charge < -0.3 is 15.2 Å². The minimum absolute atomic E-state index is 0.181. The van der Waals surface area contributed by atoms with Crippen LogP contribution >= 0.6 is 0 Å². The summed E-state index contributed by atoms with van der Waals surface area (Å²) >= 11 is 0. The molecule has 1 aliphatic rings. The molecule has 1 unspecified atom stereocenters. The number of nitrogens with zero attached hydrogens (tertiary/aromatic N) is 3. The van der Waals surface area contributed by atoms with E-state index in [4.69, 9.17) is 5.73 Å². The first kappa shape index (κ1) is 14.1. The van der Waals surface area contributed by atoms with Gasteiger partial charge in [0.05, 0.1) is 24.3 Å². The lowest BCUT2D eigenvalue weighted by atomic mass is 10.1. The van der Waals surface area contributed by atoms with E-state index >= 15 is 0 Å². The second kappa shape index (κ2) is 5.90. The molecule has 0 spiro atoms. The van der Waals surface area contributed by atoms with Crippen molar-refractivity contribution < 1.29 is 0 Å². The molecule has 1 saturated carbocycles. The smallest absolute Gasteiger partial charge is 0.0951 e. The Hall–Kier alpha value is -1.81. The molecule has 1 aliphatic carbocycles. The van der Waals surface area contributed by atoms with Crippen molar-refractivity contribution in [3.05, 3.63) is 48.0 Å². The number of hydrogen-bond acceptors (Lipinski definition) is 3. The molecule has 112 valence electrons. The van der Waals surface area contributed by atoms with Crippen molar-refractivity contribution in [3.8, 4) is 0 Å². The van der Waals surface area contributed by atoms with Gasteiger partial charge in [-0.3, -0.25) is 0 Å². The van der Waals surface area contributed by atoms with Crippen LogP contribution in [0.4, 0.5) is 5.69 Å². The lowest BCUT2D eigenvalue weighted by Crippen LogP contribution is -2.35. The Kier molecular flexibility index (Phi) is 3.97. The number of imidazole rings is 1. The van der Waals surface area contributed by atoms with E-state index in [1.165, 1.54) is 29.8 Å². The van der Waals surface area contributed by atoms with Gasteiger partial charge in [0.25, 0.3) is 0 Å². The number of likely N-dealkylation sites (N-methyl/N-ethyl adjacent to an activating group) is 1. The molecule has 4 heteroatoms. The Bertz CT molecular complexity index is 583. The van der Waals surface area contributed by atoms with Gasteiger partial charge in [-0.25, -0.2) is 4.98 Å². The summed E-state index contributed by atoms with van der Waals surface area (Å²) in [4.78, 5) is 6.73. The van der Waals surface area contributed by atoms with Gasteiger partial charge in [-0.1, -0.05) is 17.7 Å². The van der Waals surface area contributed by atoms with E-state index in [1.54, 1.807) is 0 Å². The quantitative estimate of drug-likeness (QED) is 0.887. The second-order valence-electron chi connectivity index (χ2n) is 5.83. The number of benzene rings is 1. The molecule has 1 heterocycles. The summed E-state index contributed by atoms with van der Waals surface area (Å²) in [5, 5.41) is 0. The van der Waals surface area contributed by atoms with Crippen LogP contribution in [0.15, 0.2) is 36.8 Å². The van der Waals surface area contributed by atoms with E-state index in [0.29, 0.717) is 12.6 Å². The third kappa shape index (κ3) is 2.81. The third-order valence-electron chi connectivity index (χ3n) is 4.28. The number of aromatic nitrogens is 2. The highest BCUT2D eigenvalue weighted by atomic mass is 15.2. The largest absolute Gasteiger partial charge is 0.362 e. The fraction of sp³-hybridized carbons (Fsp3) is 0.471. The zero-order valence-corrected chi connectivity index (χ0v) is 12.9. The molecular formula is C17H24N4. The SMILES string of the molecule is CCN(c1ccc(C)cc1)C(CN)c1cncn1C1CC1. The van der Waals surface area contributed by atoms with Crippen molar-refractivity contribution in [2.45, 2.75) is 38.8 Å². The summed E-state index contributed by atoms with van der Waals surface area (Å²) < 4.78 is 2.31. The number of anilines is 1. The van der Waals surface area contributed by atoms with E-state index in [-0.39, 0.29) is 6.04 Å². The van der Waals surface area contributed by atoms with Crippen molar-refractivity contribution >= 4 is 5.69 Å². The molecule has 1 fully saturated rings. The van der Waals surface area contributed by atoms with E-state index in [2.05, 4.69) is 52.6 Å². The van der Waals surface area contributed by atoms with Crippen LogP contribution in [0.2, 0.25) is 0 Å². The number of hydrogen-bond donors (Lipinski definition) is 1. The summed E-state index contributed by atoms with van der Waals surface area (Å²) in [5.41, 5.74) is 9.86. The van der Waals surface area contributed by atoms with Gasteiger partial charge in [-0.2, -0.15) is 0 Å². The second-order valence-corrected chi connectivity index (χ2v) is 5.83. The Morgan fingerprint density at radius 1 is 1.33 bits per heavy atom. The maximum absolute atomic E-state index is 6.11. The first-order valence-electron chi connectivity index (χ1n) is 7.79. The highest BCUT2D eigenvalue weighted by molar-refractivity contribution is 5.49. The fourth-order valence-electron chi connectivity index (χ4n) is 2.96. The normalized spacial score (nSPS) is 16.0. The molecule has 0 bridgehead atoms. The molecule has 2 aromatic rings. The van der Waals surface area contributed by atoms with Gasteiger partial charge in [-0.05, 0) is 38.8 Å². The van der Waals surface area contributed by atoms with Gasteiger partial charge in [0, 0.05) is 24.8 Å². The standard InChI is InChI=1S/C17H24N4/c1-3-20(14-6-4-13(2)5-7-14)16(10-18)17-11-19-12-21(17)15-8-9-15/h4-7,11-12,15-16H,3,8-10,18H2,1-2H3. The van der Waals surface area contributed by atoms with E-state index in [1.807, 2.05) is 12.5 Å². The molecular weight excluding hydrogens is 260 g/mol. The summed E-state index contributed by atoms with van der Waals surface area (Å²) in [7, 11) is 0. The summed E-state index contributed by atoms with van der Waals surface area (Å²) in [6.45, 7) is 5.82. The van der Waals surface area contributed by atoms with Gasteiger partial charge in [0.1, 0.15) is 0 Å². The van der Waals surface area contributed by atoms with Crippen LogP contribution in [0.25, 0.3) is 0 Å². The Morgan fingerprint density at radius 3 is 2.62 bits per heavy atom. The maximum atomic E-state index is 6.11. The molecule has 21 heavy (non-hydrogen) atoms. The average molecular weight is 284 g/mol. The number of rotatable bonds is 6. The summed E-state index contributed by atoms with van der Waals surface area (Å²) in [6, 6.07) is 9.49. The van der Waals surface area contributed by atoms with Crippen LogP contribution in [0.5, 0.6) is 0 Å². The highest BCUT2D eigenvalue weighted by Crippen LogP contribution is 2.38. The molecule has 1 aromatic heterocycles. The summed E-state index contributed by atoms with van der Waals surface area (Å²) in [5.74, 6) is 0. The van der Waals surface area contributed by atoms with Gasteiger partial charge >= 0.3 is 0 Å². The first-order valence-corrected chi connectivity index (χ1v) is 7.79. The predicted octanol–water partition coefficient (Wildman–Crippen LogP) is 3.05. The third-order valence-corrected chi connectivity index (χ3v) is 4.28. The van der Waals surface area contributed by atoms with Crippen LogP contribution in [-0.2, 0) is 0 Å². The van der Waals surface area contributed by atoms with E-state index in [0.717, 1.165) is 6.54 Å². The van der Waals surface area contributed by atoms with Crippen LogP contribution in [-0.4, -0.2) is 22.6 Å². The Labute approximate surface area is 126 Å². The molecule has 0 saturated heterocycles. The van der Waals surface area contributed by atoms with Gasteiger partial charge in [0.15, 0.2) is 0 Å². The van der Waals surface area contributed by atoms with Gasteiger partial charge in [-0.15, -0.1) is 0 Å². The van der Waals surface area contributed by atoms with Crippen molar-refractivity contribution in [1.82, 2.24) is 9.55 Å². The van der Waals surface area contributed by atoms with Crippen molar-refractivity contribution in [2.75, 3.05) is 18.0 Å². The molecule has 1 atom stereocenters. The minimum atomic E-state index is 0.181. The van der Waals surface area contributed by atoms with Crippen LogP contribution in [0.1, 0.15) is 43.1 Å². The molecule has 0 radical (unpaired) electrons. The topological polar surface area (TPSA) is 47.1 Å². The molecule has 2 N–H and O–H groups in total. The Morgan fingerprint density at radius 2 is 2.05 bits per heavy atom. The number of aryl methyl sites for hydroxylation is 1. The predicted molar refractivity (Wildman–Crippen MR) is 86.5 cm³/mol. The molecule has 4 nitrogen and oxygen atoms in total. The minimum Gasteiger partial charge on any atom is -0.362 e. The maximum Gasteiger partial charge on any atom is 0.0951 e. The highest BCUT2D eigenvalue weighted by Gasteiger charge is 2.29. The lowest BCUT2D eigenvalue weighted by Gasteiger charge is -2.32. The molecule has 0 aliphatic heterocycles. The van der Waals surface area contributed by atoms with E-state index < -0.39 is 0 Å². The van der Waals surface area contributed by atoms with Crippen LogP contribution < -0.4 is 10.6 Å². The van der Waals surface area contributed by atoms with Crippen LogP contribution in [0.3, 0.4) is 0 Å². The number of nitrogens with two attached hydrogens (primary N) is 1. The fourth-order valence-corrected chi connectivity index (χ4v) is 2.96. The van der Waals surface area contributed by atoms with Crippen LogP contribution in [0, 0.1) is 6.92 Å². The molecule has 1 aromatic carbocycles. The zero-order valence-electron chi connectivity index (χ0n) is 12.9. The van der Waals surface area contributed by atoms with Gasteiger partial charge in [0.2, 0.25) is 0 Å². The molecule has 0 amide bonds. The first-order chi connectivity index (χ1) is 10.2. The monoisotopic (exact) mass is 284 g/mol. The molecule has 3 rings (SSSR count).